The van der Waals surface area contributed by atoms with Crippen LogP contribution in [0.4, 0.5) is 24.8 Å². The second-order valence-electron chi connectivity index (χ2n) is 8.69. The Balaban J connectivity index is 1.84. The Morgan fingerprint density at radius 2 is 1.92 bits per heavy atom. The number of aromatic nitrogens is 3. The quantitative estimate of drug-likeness (QED) is 0.346. The number of hydrogen-bond acceptors (Lipinski definition) is 7. The smallest absolute Gasteiger partial charge is 0.416 e. The third-order valence-corrected chi connectivity index (χ3v) is 6.08. The summed E-state index contributed by atoms with van der Waals surface area (Å²) in [4.78, 5) is 38.8. The minimum atomic E-state index is -4.63. The molecule has 39 heavy (non-hydrogen) atoms. The molecule has 0 radical (unpaired) electrons. The highest BCUT2D eigenvalue weighted by Crippen LogP contribution is 2.42. The summed E-state index contributed by atoms with van der Waals surface area (Å²) >= 11 is 0. The largest absolute Gasteiger partial charge is 0.462 e. The minimum absolute atomic E-state index is 0.00681. The fourth-order valence-electron chi connectivity index (χ4n) is 4.31. The van der Waals surface area contributed by atoms with Crippen LogP contribution in [0.3, 0.4) is 0 Å². The number of aromatic amines is 1. The monoisotopic (exact) mass is 540 g/mol. The number of alkyl halides is 3. The average Bonchev–Trinajstić information content (AvgIpc) is 3.27. The first-order chi connectivity index (χ1) is 18.5. The molecule has 1 aliphatic rings. The normalized spacial score (nSPS) is 15.0. The topological polar surface area (TPSA) is 133 Å². The molecule has 0 saturated carbocycles. The first-order valence-electron chi connectivity index (χ1n) is 11.8. The Kier molecular flexibility index (Phi) is 7.57. The number of nitrogens with one attached hydrogen (secondary N) is 2. The lowest BCUT2D eigenvalue weighted by Gasteiger charge is -2.35. The molecular formula is C26H23F3N6O4. The van der Waals surface area contributed by atoms with Crippen LogP contribution >= 0.6 is 0 Å². The molecule has 1 atom stereocenters. The van der Waals surface area contributed by atoms with Crippen LogP contribution in [0.15, 0.2) is 64.6 Å². The van der Waals surface area contributed by atoms with Crippen LogP contribution in [0, 0.1) is 11.3 Å². The number of amides is 1. The van der Waals surface area contributed by atoms with Crippen molar-refractivity contribution < 1.29 is 27.5 Å². The molecule has 202 valence electrons. The van der Waals surface area contributed by atoms with Gasteiger partial charge in [0.25, 0.3) is 0 Å². The van der Waals surface area contributed by atoms with Crippen LogP contribution in [0.5, 0.6) is 0 Å². The zero-order chi connectivity index (χ0) is 28.3. The van der Waals surface area contributed by atoms with E-state index in [4.69, 9.17) is 4.74 Å². The van der Waals surface area contributed by atoms with Crippen LogP contribution < -0.4 is 15.9 Å². The van der Waals surface area contributed by atoms with E-state index in [9.17, 15) is 32.8 Å². The summed E-state index contributed by atoms with van der Waals surface area (Å²) in [6, 6.07) is 11.6. The number of benzene rings is 2. The summed E-state index contributed by atoms with van der Waals surface area (Å²) in [5, 5.41) is 18.2. The van der Waals surface area contributed by atoms with E-state index in [1.165, 1.54) is 43.0 Å². The molecule has 1 amide bonds. The van der Waals surface area contributed by atoms with Crippen LogP contribution in [0.25, 0.3) is 0 Å². The number of anilines is 2. The number of ether oxygens (including phenoxy) is 1. The van der Waals surface area contributed by atoms with Crippen molar-refractivity contribution in [3.05, 3.63) is 87.0 Å². The predicted octanol–water partition coefficient (Wildman–Crippen LogP) is 3.55. The minimum Gasteiger partial charge on any atom is -0.462 e. The molecule has 1 aromatic heterocycles. The third-order valence-electron chi connectivity index (χ3n) is 6.08. The Morgan fingerprint density at radius 3 is 2.56 bits per heavy atom. The van der Waals surface area contributed by atoms with E-state index in [1.54, 1.807) is 12.1 Å². The second kappa shape index (κ2) is 10.9. The number of hydrogen-bond donors (Lipinski definition) is 2. The molecule has 2 aromatic carbocycles. The molecule has 0 saturated heterocycles. The number of esters is 1. The van der Waals surface area contributed by atoms with Crippen molar-refractivity contribution in [1.29, 1.82) is 5.26 Å². The maximum atomic E-state index is 13.5. The van der Waals surface area contributed by atoms with E-state index < -0.39 is 29.4 Å². The molecule has 0 fully saturated rings. The molecule has 3 aromatic rings. The van der Waals surface area contributed by atoms with Gasteiger partial charge in [0.05, 0.1) is 29.4 Å². The van der Waals surface area contributed by atoms with Crippen molar-refractivity contribution >= 4 is 23.5 Å². The highest BCUT2D eigenvalue weighted by molar-refractivity contribution is 5.93. The van der Waals surface area contributed by atoms with E-state index in [-0.39, 0.29) is 42.0 Å². The van der Waals surface area contributed by atoms with Gasteiger partial charge in [0.1, 0.15) is 6.04 Å². The number of H-pyrrole nitrogens is 1. The van der Waals surface area contributed by atoms with Gasteiger partial charge in [-0.3, -0.25) is 9.69 Å². The van der Waals surface area contributed by atoms with Crippen molar-refractivity contribution in [2.24, 2.45) is 0 Å². The van der Waals surface area contributed by atoms with Gasteiger partial charge in [0.2, 0.25) is 11.9 Å². The zero-order valence-corrected chi connectivity index (χ0v) is 20.9. The maximum Gasteiger partial charge on any atom is 0.416 e. The molecule has 1 aliphatic heterocycles. The molecule has 0 spiro atoms. The summed E-state index contributed by atoms with van der Waals surface area (Å²) in [6.45, 7) is 3.08. The van der Waals surface area contributed by atoms with Gasteiger partial charge in [-0.2, -0.15) is 18.4 Å². The van der Waals surface area contributed by atoms with Gasteiger partial charge >= 0.3 is 17.8 Å². The predicted molar refractivity (Wildman–Crippen MR) is 133 cm³/mol. The number of rotatable bonds is 7. The average molecular weight is 541 g/mol. The van der Waals surface area contributed by atoms with Gasteiger partial charge in [-0.1, -0.05) is 18.2 Å². The number of carbonyl (C=O) groups is 2. The summed E-state index contributed by atoms with van der Waals surface area (Å²) in [6.07, 6.45) is -4.32. The summed E-state index contributed by atoms with van der Waals surface area (Å²) in [5.74, 6) is -1.08. The Bertz CT molecular complexity index is 1530. The molecule has 2 N–H and O–H groups in total. The van der Waals surface area contributed by atoms with Crippen molar-refractivity contribution in [2.75, 3.05) is 18.1 Å². The molecule has 4 rings (SSSR count). The van der Waals surface area contributed by atoms with Crippen LogP contribution in [-0.4, -0.2) is 39.8 Å². The highest BCUT2D eigenvalue weighted by Gasteiger charge is 2.40. The molecule has 2 heterocycles. The number of allylic oxidation sites excluding steroid dienone is 1. The summed E-state index contributed by atoms with van der Waals surface area (Å²) < 4.78 is 47.1. The van der Waals surface area contributed by atoms with Crippen molar-refractivity contribution in [2.45, 2.75) is 32.5 Å². The van der Waals surface area contributed by atoms with Gasteiger partial charge in [0, 0.05) is 24.9 Å². The second-order valence-corrected chi connectivity index (χ2v) is 8.69. The summed E-state index contributed by atoms with van der Waals surface area (Å²) in [5.41, 5.74) is -0.616. The van der Waals surface area contributed by atoms with E-state index in [0.29, 0.717) is 17.5 Å². The lowest BCUT2D eigenvalue weighted by atomic mass is 9.93. The molecular weight excluding hydrogens is 517 g/mol. The van der Waals surface area contributed by atoms with Crippen molar-refractivity contribution in [3.63, 3.8) is 0 Å². The van der Waals surface area contributed by atoms with Gasteiger partial charge < -0.3 is 10.1 Å². The molecule has 13 heteroatoms. The Morgan fingerprint density at radius 1 is 1.21 bits per heavy atom. The molecule has 0 unspecified atom stereocenters. The highest BCUT2D eigenvalue weighted by atomic mass is 19.4. The molecule has 0 bridgehead atoms. The van der Waals surface area contributed by atoms with Crippen LogP contribution in [0.2, 0.25) is 0 Å². The molecule has 0 aliphatic carbocycles. The fraction of sp³-hybridized carbons (Fsp3) is 0.269. The zero-order valence-electron chi connectivity index (χ0n) is 20.9. The first kappa shape index (κ1) is 27.2. The number of carbonyl (C=O) groups excluding carboxylic acids is 2. The van der Waals surface area contributed by atoms with E-state index in [1.807, 2.05) is 6.07 Å². The molecule has 10 nitrogen and oxygen atoms in total. The van der Waals surface area contributed by atoms with Crippen molar-refractivity contribution in [1.82, 2.24) is 20.1 Å². The SMILES string of the molecule is CC(=O)NCCCOC(=O)C1=C(C)N(c2cccc(C(F)(F)F)c2)c2n[nH]c(=O)n2[C@@H]1c1ccc(C#N)cc1. The van der Waals surface area contributed by atoms with Gasteiger partial charge in [-0.25, -0.2) is 19.3 Å². The number of nitrogens with zero attached hydrogens (tertiary/aromatic N) is 4. The van der Waals surface area contributed by atoms with E-state index in [2.05, 4.69) is 15.5 Å². The van der Waals surface area contributed by atoms with Gasteiger partial charge in [-0.15, -0.1) is 5.10 Å². The number of fused-ring (bicyclic) bond motifs is 1. The fourth-order valence-corrected chi connectivity index (χ4v) is 4.31. The maximum absolute atomic E-state index is 13.5. The Hall–Kier alpha value is -4.86. The van der Waals surface area contributed by atoms with Crippen LogP contribution in [-0.2, 0) is 20.5 Å². The lowest BCUT2D eigenvalue weighted by molar-refractivity contribution is -0.140. The first-order valence-corrected chi connectivity index (χ1v) is 11.8. The van der Waals surface area contributed by atoms with Gasteiger partial charge in [0.15, 0.2) is 0 Å². The van der Waals surface area contributed by atoms with Gasteiger partial charge in [-0.05, 0) is 49.2 Å². The number of halogens is 3. The third kappa shape index (κ3) is 5.54. The van der Waals surface area contributed by atoms with Crippen molar-refractivity contribution in [3.8, 4) is 6.07 Å². The van der Waals surface area contributed by atoms with E-state index in [0.717, 1.165) is 16.7 Å². The lowest BCUT2D eigenvalue weighted by Crippen LogP contribution is -2.38. The van der Waals surface area contributed by atoms with Crippen LogP contribution in [0.1, 0.15) is 43.0 Å². The Labute approximate surface area is 220 Å². The number of nitriles is 1. The van der Waals surface area contributed by atoms with E-state index >= 15 is 0 Å². The summed E-state index contributed by atoms with van der Waals surface area (Å²) in [7, 11) is 0. The standard InChI is InChI=1S/C26H23F3N6O4/c1-15-21(23(37)39-12-4-11-31-16(2)36)22(18-9-7-17(14-30)8-10-18)35-24(32-33-25(35)38)34(15)20-6-3-5-19(13-20)26(27,28)29/h3,5-10,13,22H,4,11-12H2,1-2H3,(H,31,36)(H,33,38)/t22-/m1/s1.